The summed E-state index contributed by atoms with van der Waals surface area (Å²) in [7, 11) is 0. The van der Waals surface area contributed by atoms with Crippen molar-refractivity contribution >= 4 is 41.4 Å². The second-order valence-electron chi connectivity index (χ2n) is 16.9. The Balaban J connectivity index is 1.74. The third kappa shape index (κ3) is 14.6. The lowest BCUT2D eigenvalue weighted by Crippen LogP contribution is -2.60. The van der Waals surface area contributed by atoms with Crippen LogP contribution in [0.15, 0.2) is 72.4 Å². The molecule has 0 spiro atoms. The third-order valence-corrected chi connectivity index (χ3v) is 11.2. The van der Waals surface area contributed by atoms with Crippen LogP contribution in [0.1, 0.15) is 76.8 Å². The van der Waals surface area contributed by atoms with E-state index in [0.717, 1.165) is 5.56 Å². The van der Waals surface area contributed by atoms with Gasteiger partial charge in [-0.25, -0.2) is 0 Å². The van der Waals surface area contributed by atoms with Crippen LogP contribution in [0.2, 0.25) is 0 Å². The van der Waals surface area contributed by atoms with Crippen molar-refractivity contribution in [1.29, 1.82) is 0 Å². The molecule has 15 N–H and O–H groups in total. The fourth-order valence-corrected chi connectivity index (χ4v) is 7.48. The number of carbonyl (C=O) groups excluding carboxylic acids is 7. The number of nitrogens with one attached hydrogen (secondary N) is 8. The van der Waals surface area contributed by atoms with Gasteiger partial charge in [-0.1, -0.05) is 74.5 Å². The first-order valence-electron chi connectivity index (χ1n) is 22.0. The molecule has 1 saturated heterocycles. The molecule has 2 aromatic carbocycles. The van der Waals surface area contributed by atoms with Gasteiger partial charge in [0.15, 0.2) is 0 Å². The van der Waals surface area contributed by atoms with Gasteiger partial charge < -0.3 is 64.8 Å². The van der Waals surface area contributed by atoms with Crippen LogP contribution in [0.4, 0.5) is 0 Å². The van der Waals surface area contributed by atoms with E-state index < -0.39 is 95.2 Å². The quantitative estimate of drug-likeness (QED) is 0.0997. The van der Waals surface area contributed by atoms with E-state index in [2.05, 4.69) is 42.5 Å². The first kappa shape index (κ1) is 50.8. The summed E-state index contributed by atoms with van der Waals surface area (Å²) in [6.07, 6.45) is 0.778. The van der Waals surface area contributed by atoms with Crippen LogP contribution < -0.4 is 59.7 Å². The number of rotatable bonds is 14. The Morgan fingerprint density at radius 1 is 0.688 bits per heavy atom. The maximum absolute atomic E-state index is 14.3. The van der Waals surface area contributed by atoms with Gasteiger partial charge in [0.25, 0.3) is 0 Å². The van der Waals surface area contributed by atoms with Crippen molar-refractivity contribution in [1.82, 2.24) is 42.5 Å². The van der Waals surface area contributed by atoms with E-state index in [1.165, 1.54) is 6.92 Å². The summed E-state index contributed by atoms with van der Waals surface area (Å²) in [5.74, 6) is -5.40. The van der Waals surface area contributed by atoms with Gasteiger partial charge in [-0.2, -0.15) is 0 Å². The number of aliphatic hydroxyl groups is 1. The van der Waals surface area contributed by atoms with Gasteiger partial charge >= 0.3 is 0 Å². The molecule has 1 heterocycles. The van der Waals surface area contributed by atoms with Crippen molar-refractivity contribution < 1.29 is 38.7 Å². The minimum Gasteiger partial charge on any atom is -0.391 e. The van der Waals surface area contributed by atoms with E-state index in [0.29, 0.717) is 17.7 Å². The second-order valence-corrected chi connectivity index (χ2v) is 16.9. The summed E-state index contributed by atoms with van der Waals surface area (Å²) in [5.41, 5.74) is 18.7. The molecule has 1 aliphatic carbocycles. The zero-order valence-electron chi connectivity index (χ0n) is 37.2. The highest BCUT2D eigenvalue weighted by Gasteiger charge is 2.48. The van der Waals surface area contributed by atoms with Crippen molar-refractivity contribution in [2.24, 2.45) is 23.1 Å². The normalized spacial score (nSPS) is 26.2. The molecule has 0 radical (unpaired) electrons. The lowest BCUT2D eigenvalue weighted by Gasteiger charge is -2.29. The lowest BCUT2D eigenvalue weighted by atomic mass is 9.98. The van der Waals surface area contributed by atoms with Gasteiger partial charge in [-0.15, -0.1) is 0 Å². The molecule has 2 aliphatic rings. The summed E-state index contributed by atoms with van der Waals surface area (Å²) < 4.78 is 0. The fourth-order valence-electron chi connectivity index (χ4n) is 7.48. The van der Waals surface area contributed by atoms with Crippen LogP contribution in [0, 0.1) is 5.92 Å². The average Bonchev–Trinajstić information content (AvgIpc) is 3.92. The van der Waals surface area contributed by atoms with Gasteiger partial charge in [-0.05, 0) is 88.7 Å². The minimum atomic E-state index is -1.52. The van der Waals surface area contributed by atoms with Crippen LogP contribution in [0.5, 0.6) is 0 Å². The highest BCUT2D eigenvalue weighted by Crippen LogP contribution is 2.37. The summed E-state index contributed by atoms with van der Waals surface area (Å²) in [5, 5.41) is 33.1. The Morgan fingerprint density at radius 3 is 1.75 bits per heavy atom. The molecule has 64 heavy (non-hydrogen) atoms. The Labute approximate surface area is 374 Å². The number of hydrogen-bond donors (Lipinski definition) is 12. The van der Waals surface area contributed by atoms with Crippen molar-refractivity contribution in [2.75, 3.05) is 26.2 Å². The van der Waals surface area contributed by atoms with Crippen LogP contribution in [-0.2, 0) is 40.0 Å². The summed E-state index contributed by atoms with van der Waals surface area (Å²) in [6.45, 7) is 6.58. The van der Waals surface area contributed by atoms with Crippen molar-refractivity contribution in [3.05, 3.63) is 83.6 Å². The molecule has 9 atom stereocenters. The van der Waals surface area contributed by atoms with Crippen LogP contribution in [-0.4, -0.2) is 121 Å². The molecule has 19 nitrogen and oxygen atoms in total. The molecular weight excluding hydrogens is 823 g/mol. The Hall–Kier alpha value is -5.89. The molecule has 0 saturated carbocycles. The van der Waals surface area contributed by atoms with E-state index in [4.69, 9.17) is 17.2 Å². The number of amides is 7. The molecule has 1 aliphatic heterocycles. The highest BCUT2D eigenvalue weighted by molar-refractivity contribution is 5.96. The summed E-state index contributed by atoms with van der Waals surface area (Å²) >= 11 is 0. The lowest BCUT2D eigenvalue weighted by molar-refractivity contribution is -0.135. The van der Waals surface area contributed by atoms with Crippen molar-refractivity contribution in [3.8, 4) is 0 Å². The SMILES string of the molecule is CC(C)C[C@@H]1NC2=CC2(Cc2ccccc2)NC(=O)[C@H](CCN)NC(=O)[C@@H](NC(=O)[C@H](C)c2ccccc2)CCNC(=O)[C@H]([C@@H](C)O)NC(=O)[C@H](CCN)NC(=O)[C@H](CCN)NC1=O. The summed E-state index contributed by atoms with van der Waals surface area (Å²) in [6, 6.07) is 11.0. The molecular formula is C45H67N11O8. The van der Waals surface area contributed by atoms with Crippen LogP contribution in [0.3, 0.4) is 0 Å². The molecule has 1 unspecified atom stereocenters. The number of fused-ring (bicyclic) bond motifs is 1. The van der Waals surface area contributed by atoms with Gasteiger partial charge in [0.05, 0.1) is 12.0 Å². The van der Waals surface area contributed by atoms with Crippen LogP contribution >= 0.6 is 0 Å². The third-order valence-electron chi connectivity index (χ3n) is 11.2. The van der Waals surface area contributed by atoms with E-state index in [9.17, 15) is 38.7 Å². The van der Waals surface area contributed by atoms with E-state index in [-0.39, 0.29) is 64.2 Å². The van der Waals surface area contributed by atoms with E-state index in [1.807, 2.05) is 50.2 Å². The smallest absolute Gasteiger partial charge is 0.245 e. The zero-order valence-corrected chi connectivity index (χ0v) is 37.2. The van der Waals surface area contributed by atoms with Gasteiger partial charge in [0.2, 0.25) is 41.4 Å². The van der Waals surface area contributed by atoms with Gasteiger partial charge in [0.1, 0.15) is 41.8 Å². The van der Waals surface area contributed by atoms with Crippen molar-refractivity contribution in [2.45, 2.75) is 120 Å². The number of aliphatic hydroxyl groups excluding tert-OH is 1. The predicted octanol–water partition coefficient (Wildman–Crippen LogP) is -1.84. The molecule has 0 aromatic heterocycles. The topological polar surface area (TPSA) is 314 Å². The van der Waals surface area contributed by atoms with E-state index >= 15 is 0 Å². The largest absolute Gasteiger partial charge is 0.391 e. The Bertz CT molecular complexity index is 1950. The molecule has 0 bridgehead atoms. The fraction of sp³-hybridized carbons (Fsp3) is 0.533. The van der Waals surface area contributed by atoms with Crippen molar-refractivity contribution in [3.63, 3.8) is 0 Å². The highest BCUT2D eigenvalue weighted by atomic mass is 16.3. The number of benzene rings is 2. The number of nitrogens with two attached hydrogens (primary N) is 3. The van der Waals surface area contributed by atoms with E-state index in [1.54, 1.807) is 37.3 Å². The molecule has 2 aromatic rings. The molecule has 1 fully saturated rings. The monoisotopic (exact) mass is 890 g/mol. The van der Waals surface area contributed by atoms with Gasteiger partial charge in [-0.3, -0.25) is 33.6 Å². The first-order valence-corrected chi connectivity index (χ1v) is 22.0. The Morgan fingerprint density at radius 2 is 1.20 bits per heavy atom. The molecule has 350 valence electrons. The molecule has 7 amide bonds. The van der Waals surface area contributed by atoms with Crippen LogP contribution in [0.25, 0.3) is 0 Å². The average molecular weight is 890 g/mol. The Kier molecular flexibility index (Phi) is 19.2. The zero-order chi connectivity index (χ0) is 47.0. The maximum Gasteiger partial charge on any atom is 0.245 e. The molecule has 4 rings (SSSR count). The standard InChI is InChI=1S/C45H67N11O8/c1-26(2)23-35-42(62)53-31(15-19-46)39(59)52-32(16-20-47)41(61)55-37(28(4)57)44(64)49-22-18-34(51-38(58)27(3)30-13-9-6-10-14-30)40(60)54-33(17-21-48)43(63)56-45(25-36(45)50-35)24-29-11-7-5-8-12-29/h5-14,25-28,31-35,37,50,57H,15-24,46-48H2,1-4H3,(H,49,64)(H,51,58)(H,52,59)(H,53,62)(H,54,60)(H,55,61)(H,56,63)/t27-,28-,31+,32+,33+,34+,35+,37+,45?/m1/s1. The first-order chi connectivity index (χ1) is 30.5. The van der Waals surface area contributed by atoms with Gasteiger partial charge in [0, 0.05) is 18.7 Å². The maximum atomic E-state index is 14.3. The number of hydrogen-bond acceptors (Lipinski definition) is 12. The second kappa shape index (κ2) is 24.2. The molecule has 19 heteroatoms. The number of carbonyl (C=O) groups is 7. The predicted molar refractivity (Wildman–Crippen MR) is 240 cm³/mol. The minimum absolute atomic E-state index is 0.00454. The summed E-state index contributed by atoms with van der Waals surface area (Å²) in [4.78, 5) is 97.2.